The summed E-state index contributed by atoms with van der Waals surface area (Å²) in [5.41, 5.74) is 5.65. The molecule has 190 valence electrons. The van der Waals surface area contributed by atoms with Crippen LogP contribution in [0.2, 0.25) is 0 Å². The molecule has 0 amide bonds. The number of hydrogen-bond donors (Lipinski definition) is 1. The molecule has 0 spiro atoms. The second-order valence-corrected chi connectivity index (χ2v) is 9.92. The molecule has 2 aliphatic rings. The Hall–Kier alpha value is -3.48. The normalized spacial score (nSPS) is 16.4. The first kappa shape index (κ1) is 25.6. The number of unbranched alkanes of at least 4 members (excludes halogenated alkanes) is 1. The average Bonchev–Trinajstić information content (AvgIpc) is 3.14. The second kappa shape index (κ2) is 10.6. The first-order chi connectivity index (χ1) is 17.2. The van der Waals surface area contributed by atoms with Crippen LogP contribution < -0.4 is 10.2 Å². The van der Waals surface area contributed by atoms with E-state index in [0.717, 1.165) is 65.7 Å². The summed E-state index contributed by atoms with van der Waals surface area (Å²) < 4.78 is 22.1. The van der Waals surface area contributed by atoms with Crippen LogP contribution in [0.3, 0.4) is 0 Å². The number of aromatic nitrogens is 1. The van der Waals surface area contributed by atoms with Gasteiger partial charge in [0.05, 0.1) is 30.6 Å². The fourth-order valence-electron chi connectivity index (χ4n) is 4.74. The highest BCUT2D eigenvalue weighted by atomic mass is 19.1. The molecule has 0 saturated carbocycles. The van der Waals surface area contributed by atoms with Gasteiger partial charge in [0.25, 0.3) is 0 Å². The highest BCUT2D eigenvalue weighted by Gasteiger charge is 2.24. The number of anilines is 2. The minimum absolute atomic E-state index is 0.101. The molecule has 1 N–H and O–H groups in total. The van der Waals surface area contributed by atoms with Crippen molar-refractivity contribution in [2.45, 2.75) is 52.4 Å². The number of nitrogens with one attached hydrogen (secondary N) is 1. The van der Waals surface area contributed by atoms with Crippen molar-refractivity contribution < 1.29 is 18.5 Å². The lowest BCUT2D eigenvalue weighted by atomic mass is 10.0. The van der Waals surface area contributed by atoms with Crippen LogP contribution in [0.1, 0.15) is 72.8 Å². The SMILES string of the molecule is COC1=C(c2cc(C(=O)CCC/C=C3/Nc4cc(F)c(C(C)C)cc4N3C)cc(C)n2)C=[N+](C)CC1. The molecule has 2 aliphatic heterocycles. The number of benzene rings is 1. The van der Waals surface area contributed by atoms with E-state index >= 15 is 0 Å². The average molecular weight is 492 g/mol. The topological polar surface area (TPSA) is 57.5 Å². The number of nitrogens with zero attached hydrogens (tertiary/aromatic N) is 3. The van der Waals surface area contributed by atoms with Gasteiger partial charge in [-0.2, -0.15) is 0 Å². The highest BCUT2D eigenvalue weighted by molar-refractivity contribution is 6.08. The van der Waals surface area contributed by atoms with Crippen molar-refractivity contribution in [2.75, 3.05) is 38.0 Å². The Labute approximate surface area is 213 Å². The summed E-state index contributed by atoms with van der Waals surface area (Å²) in [5, 5.41) is 3.30. The van der Waals surface area contributed by atoms with E-state index in [0.29, 0.717) is 17.5 Å². The van der Waals surface area contributed by atoms with Crippen LogP contribution in [0, 0.1) is 12.7 Å². The zero-order chi connectivity index (χ0) is 26.0. The molecule has 1 aromatic heterocycles. The summed E-state index contributed by atoms with van der Waals surface area (Å²) in [4.78, 5) is 19.8. The van der Waals surface area contributed by atoms with Gasteiger partial charge >= 0.3 is 0 Å². The molecule has 0 unspecified atom stereocenters. The second-order valence-electron chi connectivity index (χ2n) is 9.92. The molecule has 1 aromatic carbocycles. The Bertz CT molecular complexity index is 1280. The first-order valence-corrected chi connectivity index (χ1v) is 12.6. The number of ether oxygens (including phenoxy) is 1. The van der Waals surface area contributed by atoms with Gasteiger partial charge in [-0.05, 0) is 61.6 Å². The lowest BCUT2D eigenvalue weighted by Gasteiger charge is -2.15. The number of ketones is 1. The van der Waals surface area contributed by atoms with Crippen molar-refractivity contribution >= 4 is 28.9 Å². The third-order valence-corrected chi connectivity index (χ3v) is 6.81. The van der Waals surface area contributed by atoms with Gasteiger partial charge in [0, 0.05) is 24.7 Å². The van der Waals surface area contributed by atoms with E-state index in [9.17, 15) is 9.18 Å². The fourth-order valence-corrected chi connectivity index (χ4v) is 4.74. The summed E-state index contributed by atoms with van der Waals surface area (Å²) in [6.07, 6.45) is 6.81. The van der Waals surface area contributed by atoms with Gasteiger partial charge in [-0.1, -0.05) is 13.8 Å². The van der Waals surface area contributed by atoms with Gasteiger partial charge in [0.15, 0.2) is 12.0 Å². The number of halogens is 1. The van der Waals surface area contributed by atoms with Crippen LogP contribution in [0.25, 0.3) is 5.57 Å². The molecule has 0 fully saturated rings. The zero-order valence-corrected chi connectivity index (χ0v) is 22.1. The standard InChI is InChI=1S/C29H36FN4O2/c1-18(2)21-15-26-25(16-23(21)30)32-29(34(26)5)10-8-7-9-27(35)20-13-19(3)31-24(14-20)22-17-33(4)12-11-28(22)36-6/h10,13-18,32H,7-9,11-12H2,1-6H3/q+1/b29-10-. The largest absolute Gasteiger partial charge is 0.500 e. The Morgan fingerprint density at radius 2 is 2.08 bits per heavy atom. The van der Waals surface area contributed by atoms with E-state index in [2.05, 4.69) is 21.0 Å². The van der Waals surface area contributed by atoms with Gasteiger partial charge in [0.2, 0.25) is 0 Å². The number of hydrogen-bond acceptors (Lipinski definition) is 5. The molecule has 2 aromatic rings. The number of pyridine rings is 1. The van der Waals surface area contributed by atoms with Crippen LogP contribution in [0.15, 0.2) is 41.9 Å². The number of rotatable bonds is 8. The van der Waals surface area contributed by atoms with Crippen molar-refractivity contribution in [1.29, 1.82) is 0 Å². The van der Waals surface area contributed by atoms with Gasteiger partial charge in [0.1, 0.15) is 36.6 Å². The molecule has 3 heterocycles. The zero-order valence-electron chi connectivity index (χ0n) is 22.1. The Kier molecular flexibility index (Phi) is 7.57. The van der Waals surface area contributed by atoms with Crippen LogP contribution in [0.4, 0.5) is 15.8 Å². The van der Waals surface area contributed by atoms with Crippen molar-refractivity contribution in [3.8, 4) is 0 Å². The number of methoxy groups -OCH3 is 1. The smallest absolute Gasteiger partial charge is 0.176 e. The summed E-state index contributed by atoms with van der Waals surface area (Å²) in [6, 6.07) is 7.22. The first-order valence-electron chi connectivity index (χ1n) is 12.6. The van der Waals surface area contributed by atoms with Crippen molar-refractivity contribution in [1.82, 2.24) is 4.98 Å². The van der Waals surface area contributed by atoms with Crippen LogP contribution in [-0.4, -0.2) is 49.3 Å². The van der Waals surface area contributed by atoms with E-state index in [4.69, 9.17) is 4.74 Å². The van der Waals surface area contributed by atoms with E-state index in [1.54, 1.807) is 13.2 Å². The molecule has 0 radical (unpaired) electrons. The maximum absolute atomic E-state index is 14.4. The van der Waals surface area contributed by atoms with Gasteiger partial charge in [-0.3, -0.25) is 9.78 Å². The molecule has 6 nitrogen and oxygen atoms in total. The van der Waals surface area contributed by atoms with Gasteiger partial charge in [-0.25, -0.2) is 8.97 Å². The lowest BCUT2D eigenvalue weighted by Crippen LogP contribution is -2.18. The molecule has 0 aliphatic carbocycles. The maximum atomic E-state index is 14.4. The molecule has 4 rings (SSSR count). The van der Waals surface area contributed by atoms with E-state index < -0.39 is 0 Å². The molecule has 0 atom stereocenters. The number of aryl methyl sites for hydroxylation is 1. The summed E-state index contributed by atoms with van der Waals surface area (Å²) in [5.74, 6) is 1.84. The molecule has 0 bridgehead atoms. The summed E-state index contributed by atoms with van der Waals surface area (Å²) in [7, 11) is 5.68. The quantitative estimate of drug-likeness (QED) is 0.284. The molecular weight excluding hydrogens is 455 g/mol. The minimum atomic E-state index is -0.186. The third kappa shape index (κ3) is 5.35. The molecular formula is C29H36FN4O2+. The monoisotopic (exact) mass is 491 g/mol. The number of fused-ring (bicyclic) bond motifs is 1. The lowest BCUT2D eigenvalue weighted by molar-refractivity contribution is -0.492. The molecule has 36 heavy (non-hydrogen) atoms. The van der Waals surface area contributed by atoms with Gasteiger partial charge in [-0.15, -0.1) is 0 Å². The van der Waals surface area contributed by atoms with E-state index in [-0.39, 0.29) is 17.5 Å². The van der Waals surface area contributed by atoms with Crippen molar-refractivity contribution in [3.63, 3.8) is 0 Å². The third-order valence-electron chi connectivity index (χ3n) is 6.81. The highest BCUT2D eigenvalue weighted by Crippen LogP contribution is 2.39. The maximum Gasteiger partial charge on any atom is 0.176 e. The van der Waals surface area contributed by atoms with Crippen LogP contribution in [-0.2, 0) is 4.74 Å². The Morgan fingerprint density at radius 3 is 2.81 bits per heavy atom. The number of carbonyl (C=O) groups is 1. The van der Waals surface area contributed by atoms with E-state index in [1.165, 1.54) is 0 Å². The number of allylic oxidation sites excluding steroid dienone is 2. The molecule has 7 heteroatoms. The van der Waals surface area contributed by atoms with Crippen LogP contribution in [0.5, 0.6) is 0 Å². The predicted molar refractivity (Wildman–Crippen MR) is 143 cm³/mol. The number of carbonyl (C=O) groups excluding carboxylic acids is 1. The van der Waals surface area contributed by atoms with Crippen molar-refractivity contribution in [3.05, 3.63) is 70.3 Å². The Morgan fingerprint density at radius 1 is 1.31 bits per heavy atom. The van der Waals surface area contributed by atoms with Crippen molar-refractivity contribution in [2.24, 2.45) is 0 Å². The molecule has 0 saturated heterocycles. The Balaban J connectivity index is 1.42. The number of Topliss-reactive ketones (excluding diaryl/α,β-unsaturated/α-hetero) is 1. The fraction of sp³-hybridized carbons (Fsp3) is 0.414. The summed E-state index contributed by atoms with van der Waals surface area (Å²) >= 11 is 0. The van der Waals surface area contributed by atoms with Crippen LogP contribution >= 0.6 is 0 Å². The van der Waals surface area contributed by atoms with Gasteiger partial charge < -0.3 is 15.0 Å². The minimum Gasteiger partial charge on any atom is -0.500 e. The summed E-state index contributed by atoms with van der Waals surface area (Å²) in [6.45, 7) is 6.79. The van der Waals surface area contributed by atoms with E-state index in [1.807, 2.05) is 64.2 Å². The predicted octanol–water partition coefficient (Wildman–Crippen LogP) is 5.88.